The summed E-state index contributed by atoms with van der Waals surface area (Å²) < 4.78 is 26.4. The fraction of sp³-hybridized carbons (Fsp3) is 0.350. The topological polar surface area (TPSA) is 97.2 Å². The first-order valence-corrected chi connectivity index (χ1v) is 11.8. The Bertz CT molecular complexity index is 1330. The second kappa shape index (κ2) is 6.76. The molecule has 0 amide bonds. The smallest absolute Gasteiger partial charge is 0.259 e. The van der Waals surface area contributed by atoms with E-state index in [4.69, 9.17) is 11.6 Å². The maximum absolute atomic E-state index is 12.9. The molecule has 0 spiro atoms. The number of aromatic nitrogens is 3. The zero-order valence-electron chi connectivity index (χ0n) is 16.4. The maximum atomic E-state index is 12.9. The molecule has 2 atom stereocenters. The van der Waals surface area contributed by atoms with E-state index in [2.05, 4.69) is 15.3 Å². The number of nitrogens with one attached hydrogen (secondary N) is 1. The van der Waals surface area contributed by atoms with Crippen molar-refractivity contribution in [1.29, 1.82) is 0 Å². The normalized spacial score (nSPS) is 23.5. The van der Waals surface area contributed by atoms with Crippen LogP contribution in [0, 0.1) is 11.8 Å². The van der Waals surface area contributed by atoms with Crippen molar-refractivity contribution in [2.45, 2.75) is 6.04 Å². The first-order valence-electron chi connectivity index (χ1n) is 9.57. The molecule has 2 aliphatic rings. The molecule has 1 saturated carbocycles. The monoisotopic (exact) mass is 445 g/mol. The number of sulfonamides is 1. The summed E-state index contributed by atoms with van der Waals surface area (Å²) in [6, 6.07) is 9.14. The van der Waals surface area contributed by atoms with Gasteiger partial charge < -0.3 is 5.32 Å². The highest BCUT2D eigenvalue weighted by atomic mass is 35.5. The van der Waals surface area contributed by atoms with E-state index in [9.17, 15) is 13.2 Å². The third-order valence-electron chi connectivity index (χ3n) is 6.04. The van der Waals surface area contributed by atoms with Crippen LogP contribution in [0.15, 0.2) is 41.3 Å². The van der Waals surface area contributed by atoms with E-state index in [0.717, 1.165) is 5.39 Å². The third kappa shape index (κ3) is 3.17. The zero-order chi connectivity index (χ0) is 21.2. The number of piperidine rings is 1. The van der Waals surface area contributed by atoms with E-state index in [1.807, 2.05) is 18.2 Å². The van der Waals surface area contributed by atoms with Crippen LogP contribution in [0.5, 0.6) is 0 Å². The number of anilines is 1. The molecule has 10 heteroatoms. The van der Waals surface area contributed by atoms with Gasteiger partial charge in [0, 0.05) is 53.9 Å². The summed E-state index contributed by atoms with van der Waals surface area (Å²) in [6.07, 6.45) is 2.93. The van der Waals surface area contributed by atoms with Crippen LogP contribution in [0.1, 0.15) is 0 Å². The zero-order valence-corrected chi connectivity index (χ0v) is 18.0. The standard InChI is InChI=1S/C20H20ClN5O3S/c1-25-18-11(7-13(19(25)27)12-5-3-4-6-16(12)21)8-22-20(24-18)23-17-14-9-26(10-15(14)17)30(2,28)29/h3-8,14-15,17H,9-10H2,1-2H3,(H,22,23,24). The molecule has 2 unspecified atom stereocenters. The van der Waals surface area contributed by atoms with Crippen LogP contribution in [0.2, 0.25) is 5.02 Å². The number of fused-ring (bicyclic) bond motifs is 2. The van der Waals surface area contributed by atoms with E-state index in [1.165, 1.54) is 15.1 Å². The molecule has 1 N–H and O–H groups in total. The second-order valence-electron chi connectivity index (χ2n) is 7.95. The lowest BCUT2D eigenvalue weighted by Gasteiger charge is -2.17. The van der Waals surface area contributed by atoms with Crippen LogP contribution >= 0.6 is 11.6 Å². The second-order valence-corrected chi connectivity index (χ2v) is 10.3. The number of nitrogens with zero attached hydrogens (tertiary/aromatic N) is 4. The molecule has 30 heavy (non-hydrogen) atoms. The van der Waals surface area contributed by atoms with Crippen molar-refractivity contribution >= 4 is 38.6 Å². The Morgan fingerprint density at radius 3 is 2.53 bits per heavy atom. The number of halogens is 1. The van der Waals surface area contributed by atoms with Gasteiger partial charge in [0.2, 0.25) is 16.0 Å². The van der Waals surface area contributed by atoms with Gasteiger partial charge in [0.05, 0.1) is 6.26 Å². The summed E-state index contributed by atoms with van der Waals surface area (Å²) in [5.74, 6) is 0.976. The minimum Gasteiger partial charge on any atom is -0.351 e. The van der Waals surface area contributed by atoms with Gasteiger partial charge in [-0.15, -0.1) is 0 Å². The molecule has 5 rings (SSSR count). The highest BCUT2D eigenvalue weighted by Gasteiger charge is 2.57. The van der Waals surface area contributed by atoms with Gasteiger partial charge in [0.25, 0.3) is 5.56 Å². The molecule has 0 radical (unpaired) electrons. The van der Waals surface area contributed by atoms with Gasteiger partial charge in [-0.25, -0.2) is 17.7 Å². The van der Waals surface area contributed by atoms with Gasteiger partial charge in [-0.05, 0) is 24.0 Å². The molecule has 1 aromatic carbocycles. The van der Waals surface area contributed by atoms with Crippen LogP contribution < -0.4 is 10.9 Å². The molecule has 1 saturated heterocycles. The Labute approximate surface area is 178 Å². The van der Waals surface area contributed by atoms with Gasteiger partial charge in [-0.3, -0.25) is 9.36 Å². The summed E-state index contributed by atoms with van der Waals surface area (Å²) >= 11 is 6.28. The minimum atomic E-state index is -3.14. The first-order chi connectivity index (χ1) is 14.2. The highest BCUT2D eigenvalue weighted by molar-refractivity contribution is 7.88. The van der Waals surface area contributed by atoms with Crippen molar-refractivity contribution in [2.24, 2.45) is 18.9 Å². The van der Waals surface area contributed by atoms with Crippen molar-refractivity contribution in [3.05, 3.63) is 51.9 Å². The summed E-state index contributed by atoms with van der Waals surface area (Å²) in [5.41, 5.74) is 1.51. The Morgan fingerprint density at radius 1 is 1.17 bits per heavy atom. The molecular formula is C20H20ClN5O3S. The molecule has 1 aliphatic carbocycles. The third-order valence-corrected chi connectivity index (χ3v) is 7.60. The van der Waals surface area contributed by atoms with Gasteiger partial charge in [0.15, 0.2) is 0 Å². The number of hydrogen-bond acceptors (Lipinski definition) is 6. The summed E-state index contributed by atoms with van der Waals surface area (Å²) in [5, 5.41) is 4.55. The SMILES string of the molecule is Cn1c(=O)c(-c2ccccc2Cl)cc2cnc(NC3C4CN(S(C)(=O)=O)CC43)nc21. The molecule has 0 bridgehead atoms. The molecule has 2 fully saturated rings. The summed E-state index contributed by atoms with van der Waals surface area (Å²) in [6.45, 7) is 1.04. The predicted octanol–water partition coefficient (Wildman–Crippen LogP) is 1.95. The van der Waals surface area contributed by atoms with Crippen LogP contribution in [0.25, 0.3) is 22.2 Å². The molecule has 3 heterocycles. The number of rotatable bonds is 4. The molecule has 8 nitrogen and oxygen atoms in total. The van der Waals surface area contributed by atoms with E-state index < -0.39 is 10.0 Å². The molecular weight excluding hydrogens is 426 g/mol. The predicted molar refractivity (Wildman–Crippen MR) is 116 cm³/mol. The van der Waals surface area contributed by atoms with Crippen LogP contribution in [-0.4, -0.2) is 52.6 Å². The minimum absolute atomic E-state index is 0.153. The highest BCUT2D eigenvalue weighted by Crippen LogP contribution is 2.47. The number of hydrogen-bond donors (Lipinski definition) is 1. The molecule has 1 aliphatic heterocycles. The van der Waals surface area contributed by atoms with Crippen LogP contribution in [0.3, 0.4) is 0 Å². The molecule has 156 valence electrons. The van der Waals surface area contributed by atoms with E-state index in [-0.39, 0.29) is 23.4 Å². The van der Waals surface area contributed by atoms with E-state index >= 15 is 0 Å². The largest absolute Gasteiger partial charge is 0.351 e. The van der Waals surface area contributed by atoms with E-state index in [0.29, 0.717) is 40.8 Å². The van der Waals surface area contributed by atoms with Crippen LogP contribution in [0.4, 0.5) is 5.95 Å². The van der Waals surface area contributed by atoms with Crippen molar-refractivity contribution in [3.8, 4) is 11.1 Å². The Hall–Kier alpha value is -2.49. The number of aryl methyl sites for hydroxylation is 1. The quantitative estimate of drug-likeness (QED) is 0.659. The Morgan fingerprint density at radius 2 is 1.87 bits per heavy atom. The van der Waals surface area contributed by atoms with Crippen LogP contribution in [-0.2, 0) is 17.1 Å². The molecule has 2 aromatic heterocycles. The van der Waals surface area contributed by atoms with Gasteiger partial charge in [-0.2, -0.15) is 4.98 Å². The van der Waals surface area contributed by atoms with Crippen molar-refractivity contribution in [3.63, 3.8) is 0 Å². The Kier molecular flexibility index (Phi) is 4.39. The lowest BCUT2D eigenvalue weighted by molar-refractivity contribution is 0.440. The van der Waals surface area contributed by atoms with Gasteiger partial charge >= 0.3 is 0 Å². The maximum Gasteiger partial charge on any atom is 0.259 e. The van der Waals surface area contributed by atoms with Gasteiger partial charge in [-0.1, -0.05) is 29.8 Å². The van der Waals surface area contributed by atoms with E-state index in [1.54, 1.807) is 25.4 Å². The van der Waals surface area contributed by atoms with Gasteiger partial charge in [0.1, 0.15) is 5.65 Å². The van der Waals surface area contributed by atoms with Crippen molar-refractivity contribution < 1.29 is 8.42 Å². The molecule has 3 aromatic rings. The van der Waals surface area contributed by atoms with Crippen molar-refractivity contribution in [1.82, 2.24) is 18.8 Å². The Balaban J connectivity index is 1.43. The average molecular weight is 446 g/mol. The lowest BCUT2D eigenvalue weighted by atomic mass is 10.1. The summed E-state index contributed by atoms with van der Waals surface area (Å²) in [7, 11) is -1.47. The number of pyridine rings is 1. The summed E-state index contributed by atoms with van der Waals surface area (Å²) in [4.78, 5) is 21.9. The number of benzene rings is 1. The fourth-order valence-corrected chi connectivity index (χ4v) is 5.43. The first kappa shape index (κ1) is 19.5. The lowest BCUT2D eigenvalue weighted by Crippen LogP contribution is -2.32. The average Bonchev–Trinajstić information content (AvgIpc) is 3.12. The van der Waals surface area contributed by atoms with Crippen molar-refractivity contribution in [2.75, 3.05) is 24.7 Å². The fourth-order valence-electron chi connectivity index (χ4n) is 4.31.